The summed E-state index contributed by atoms with van der Waals surface area (Å²) in [5.74, 6) is 2.21. The minimum Gasteiger partial charge on any atom is -0.461 e. The lowest BCUT2D eigenvalue weighted by atomic mass is 10.3. The highest BCUT2D eigenvalue weighted by Crippen LogP contribution is 2.25. The lowest BCUT2D eigenvalue weighted by Crippen LogP contribution is -2.27. The number of carbonyl (C=O) groups is 1. The number of nitrogens with one attached hydrogen (secondary N) is 2. The molecule has 0 aliphatic rings. The van der Waals surface area contributed by atoms with Gasteiger partial charge >= 0.3 is 0 Å². The van der Waals surface area contributed by atoms with Crippen molar-refractivity contribution in [1.82, 2.24) is 30.2 Å². The van der Waals surface area contributed by atoms with Gasteiger partial charge in [-0.2, -0.15) is 5.10 Å². The maximum Gasteiger partial charge on any atom is 0.273 e. The normalized spacial score (nSPS) is 11.4. The number of rotatable bonds is 9. The number of thioether (sulfide) groups is 1. The number of furan rings is 1. The summed E-state index contributed by atoms with van der Waals surface area (Å²) >= 11 is 1.57. The molecule has 0 spiro atoms. The molecule has 1 amide bonds. The third-order valence-corrected chi connectivity index (χ3v) is 5.02. The van der Waals surface area contributed by atoms with Gasteiger partial charge in [0, 0.05) is 18.7 Å². The van der Waals surface area contributed by atoms with Gasteiger partial charge < -0.3 is 19.6 Å². The summed E-state index contributed by atoms with van der Waals surface area (Å²) in [4.78, 5) is 21.7. The van der Waals surface area contributed by atoms with E-state index in [2.05, 4.69) is 51.6 Å². The van der Waals surface area contributed by atoms with E-state index in [0.717, 1.165) is 22.6 Å². The molecule has 0 bridgehead atoms. The van der Waals surface area contributed by atoms with Crippen LogP contribution in [0.4, 0.5) is 5.82 Å². The van der Waals surface area contributed by atoms with Crippen LogP contribution in [0.15, 0.2) is 44.8 Å². The molecule has 0 saturated carbocycles. The molecule has 10 nitrogen and oxygen atoms in total. The Labute approximate surface area is 182 Å². The summed E-state index contributed by atoms with van der Waals surface area (Å²) in [6, 6.07) is 5.25. The molecule has 31 heavy (non-hydrogen) atoms. The minimum atomic E-state index is -0.336. The Morgan fingerprint density at radius 2 is 2.16 bits per heavy atom. The van der Waals surface area contributed by atoms with Gasteiger partial charge in [0.15, 0.2) is 22.3 Å². The molecular formula is C20H23N7O3S. The second-order valence-corrected chi connectivity index (χ2v) is 8.23. The van der Waals surface area contributed by atoms with Crippen LogP contribution in [0.2, 0.25) is 0 Å². The zero-order valence-corrected chi connectivity index (χ0v) is 18.3. The maximum absolute atomic E-state index is 12.4. The number of nitrogens with zero attached hydrogens (tertiary/aromatic N) is 5. The molecule has 2 N–H and O–H groups in total. The Morgan fingerprint density at radius 1 is 1.29 bits per heavy atom. The number of aromatic nitrogens is 5. The van der Waals surface area contributed by atoms with Crippen molar-refractivity contribution in [3.05, 3.63) is 36.4 Å². The van der Waals surface area contributed by atoms with E-state index >= 15 is 0 Å². The van der Waals surface area contributed by atoms with Gasteiger partial charge in [-0.15, -0.1) is 0 Å². The summed E-state index contributed by atoms with van der Waals surface area (Å²) in [5.41, 5.74) is 0.911. The fourth-order valence-electron chi connectivity index (χ4n) is 2.96. The van der Waals surface area contributed by atoms with Crippen molar-refractivity contribution in [3.8, 4) is 11.5 Å². The van der Waals surface area contributed by atoms with Gasteiger partial charge in [0.05, 0.1) is 24.4 Å². The predicted molar refractivity (Wildman–Crippen MR) is 117 cm³/mol. The Balaban J connectivity index is 1.45. The number of amides is 1. The average molecular weight is 442 g/mol. The van der Waals surface area contributed by atoms with E-state index in [0.29, 0.717) is 29.8 Å². The summed E-state index contributed by atoms with van der Waals surface area (Å²) < 4.78 is 12.2. The lowest BCUT2D eigenvalue weighted by Gasteiger charge is -2.11. The van der Waals surface area contributed by atoms with Crippen molar-refractivity contribution in [2.75, 3.05) is 17.6 Å². The first kappa shape index (κ1) is 20.9. The summed E-state index contributed by atoms with van der Waals surface area (Å²) in [7, 11) is 0. The summed E-state index contributed by atoms with van der Waals surface area (Å²) in [6.45, 7) is 6.98. The Bertz CT molecular complexity index is 1170. The van der Waals surface area contributed by atoms with E-state index in [9.17, 15) is 4.79 Å². The molecule has 4 rings (SSSR count). The molecule has 0 fully saturated rings. The molecule has 4 aromatic rings. The molecular weight excluding hydrogens is 418 g/mol. The van der Waals surface area contributed by atoms with E-state index in [1.165, 1.54) is 6.26 Å². The molecule has 0 aliphatic carbocycles. The quantitative estimate of drug-likeness (QED) is 0.297. The molecule has 0 radical (unpaired) electrons. The van der Waals surface area contributed by atoms with Crippen LogP contribution in [0.25, 0.3) is 22.6 Å². The van der Waals surface area contributed by atoms with Crippen molar-refractivity contribution in [3.63, 3.8) is 0 Å². The van der Waals surface area contributed by atoms with Crippen molar-refractivity contribution in [2.45, 2.75) is 38.5 Å². The monoisotopic (exact) mass is 441 g/mol. The second kappa shape index (κ2) is 9.21. The fourth-order valence-corrected chi connectivity index (χ4v) is 3.52. The van der Waals surface area contributed by atoms with Crippen LogP contribution in [0.1, 0.15) is 31.3 Å². The molecule has 0 aromatic carbocycles. The van der Waals surface area contributed by atoms with Crippen LogP contribution < -0.4 is 10.6 Å². The van der Waals surface area contributed by atoms with Crippen LogP contribution >= 0.6 is 11.8 Å². The highest BCUT2D eigenvalue weighted by atomic mass is 32.2. The molecule has 0 atom stereocenters. The van der Waals surface area contributed by atoms with Crippen molar-refractivity contribution >= 4 is 34.5 Å². The van der Waals surface area contributed by atoms with Gasteiger partial charge in [-0.1, -0.05) is 23.8 Å². The molecule has 0 aliphatic heterocycles. The highest BCUT2D eigenvalue weighted by Gasteiger charge is 2.16. The van der Waals surface area contributed by atoms with E-state index < -0.39 is 0 Å². The number of hydrogen-bond acceptors (Lipinski definition) is 9. The SMILES string of the molecule is CCSc1nc(NC(C)C)c2cnn(CCNC(=O)c3cc(-c4ccco4)on3)c2n1. The Hall–Kier alpha value is -3.34. The average Bonchev–Trinajstić information content (AvgIpc) is 3.48. The highest BCUT2D eigenvalue weighted by molar-refractivity contribution is 7.99. The van der Waals surface area contributed by atoms with Gasteiger partial charge in [0.1, 0.15) is 5.82 Å². The molecule has 162 valence electrons. The van der Waals surface area contributed by atoms with Crippen molar-refractivity contribution < 1.29 is 13.7 Å². The first-order chi connectivity index (χ1) is 15.0. The third kappa shape index (κ3) is 4.71. The standard InChI is InChI=1S/C20H23N7O3S/c1-4-31-20-24-17(23-12(2)3)13-11-22-27(18(13)25-20)8-7-21-19(28)14-10-16(30-26-14)15-6-5-9-29-15/h5-6,9-12H,4,7-8H2,1-3H3,(H,21,28)(H,23,24,25). The van der Waals surface area contributed by atoms with E-state index in [-0.39, 0.29) is 17.6 Å². The van der Waals surface area contributed by atoms with E-state index in [1.807, 2.05) is 0 Å². The topological polar surface area (TPSA) is 124 Å². The zero-order chi connectivity index (χ0) is 21.8. The number of anilines is 1. The van der Waals surface area contributed by atoms with Crippen molar-refractivity contribution in [2.24, 2.45) is 0 Å². The van der Waals surface area contributed by atoms with Crippen LogP contribution in [0.5, 0.6) is 0 Å². The second-order valence-electron chi connectivity index (χ2n) is 7.00. The lowest BCUT2D eigenvalue weighted by molar-refractivity contribution is 0.0943. The minimum absolute atomic E-state index is 0.184. The smallest absolute Gasteiger partial charge is 0.273 e. The first-order valence-electron chi connectivity index (χ1n) is 9.96. The van der Waals surface area contributed by atoms with Crippen molar-refractivity contribution in [1.29, 1.82) is 0 Å². The predicted octanol–water partition coefficient (Wildman–Crippen LogP) is 3.44. The van der Waals surface area contributed by atoms with Gasteiger partial charge in [0.25, 0.3) is 5.91 Å². The Morgan fingerprint density at radius 3 is 2.90 bits per heavy atom. The maximum atomic E-state index is 12.4. The van der Waals surface area contributed by atoms with Gasteiger partial charge in [0.2, 0.25) is 5.76 Å². The Kier molecular flexibility index (Phi) is 6.21. The van der Waals surface area contributed by atoms with Crippen LogP contribution in [0, 0.1) is 0 Å². The van der Waals surface area contributed by atoms with Gasteiger partial charge in [-0.3, -0.25) is 4.79 Å². The first-order valence-corrected chi connectivity index (χ1v) is 11.0. The van der Waals surface area contributed by atoms with Crippen LogP contribution in [-0.4, -0.2) is 49.2 Å². The molecule has 0 unspecified atom stereocenters. The molecule has 4 aromatic heterocycles. The molecule has 0 saturated heterocycles. The number of fused-ring (bicyclic) bond motifs is 1. The van der Waals surface area contributed by atoms with Gasteiger partial charge in [-0.05, 0) is 31.7 Å². The zero-order valence-electron chi connectivity index (χ0n) is 17.5. The van der Waals surface area contributed by atoms with E-state index in [4.69, 9.17) is 8.94 Å². The summed E-state index contributed by atoms with van der Waals surface area (Å²) in [6.07, 6.45) is 3.28. The largest absolute Gasteiger partial charge is 0.461 e. The summed E-state index contributed by atoms with van der Waals surface area (Å²) in [5, 5.41) is 16.0. The van der Waals surface area contributed by atoms with Crippen LogP contribution in [-0.2, 0) is 6.54 Å². The number of hydrogen-bond donors (Lipinski definition) is 2. The van der Waals surface area contributed by atoms with Gasteiger partial charge in [-0.25, -0.2) is 14.6 Å². The third-order valence-electron chi connectivity index (χ3n) is 4.29. The van der Waals surface area contributed by atoms with E-state index in [1.54, 1.807) is 40.8 Å². The fraction of sp³-hybridized carbons (Fsp3) is 0.350. The number of carbonyl (C=O) groups excluding carboxylic acids is 1. The molecule has 4 heterocycles. The molecule has 11 heteroatoms. The van der Waals surface area contributed by atoms with Crippen LogP contribution in [0.3, 0.4) is 0 Å².